The number of aromatic nitrogens is 3. The lowest BCUT2D eigenvalue weighted by atomic mass is 10.1. The van der Waals surface area contributed by atoms with Crippen LogP contribution in [-0.4, -0.2) is 55.9 Å². The molecular formula is C25H22Br2ClN5O3. The fraction of sp³-hybridized carbons (Fsp3) is 0.280. The van der Waals surface area contributed by atoms with Gasteiger partial charge in [-0.05, 0) is 77.6 Å². The zero-order valence-corrected chi connectivity index (χ0v) is 23.4. The summed E-state index contributed by atoms with van der Waals surface area (Å²) in [6, 6.07) is 12.6. The molecule has 1 saturated heterocycles. The Morgan fingerprint density at radius 2 is 1.86 bits per heavy atom. The number of rotatable bonds is 4. The monoisotopic (exact) mass is 633 g/mol. The topological polar surface area (TPSA) is 84.5 Å². The molecule has 0 N–H and O–H groups in total. The molecule has 1 aliphatic rings. The highest BCUT2D eigenvalue weighted by Gasteiger charge is 2.33. The third-order valence-electron chi connectivity index (χ3n) is 6.38. The molecule has 1 aliphatic heterocycles. The number of benzene rings is 2. The van der Waals surface area contributed by atoms with E-state index in [1.165, 1.54) is 0 Å². The number of nitrogens with zero attached hydrogens (tertiary/aromatic N) is 5. The average molecular weight is 636 g/mol. The van der Waals surface area contributed by atoms with Crippen LogP contribution in [0.3, 0.4) is 0 Å². The standard InChI is InChI=1S/C25H22Br2ClN5O3/c1-14-10-31(24(34)23-8-16-7-17(26)3-5-20(16)25(35)36-23)11-15(2)32(14)12-18-13-33(30-29-18)19-4-6-22(28)21(27)9-19/h3-9,13-15H,10-12H2,1-2H3/t14-,15+. The molecule has 4 aromatic rings. The molecule has 3 heterocycles. The second kappa shape index (κ2) is 10.1. The van der Waals surface area contributed by atoms with E-state index in [-0.39, 0.29) is 23.8 Å². The molecule has 0 spiro atoms. The number of carbonyl (C=O) groups is 1. The molecule has 36 heavy (non-hydrogen) atoms. The number of fused-ring (bicyclic) bond motifs is 1. The van der Waals surface area contributed by atoms with E-state index in [0.29, 0.717) is 35.4 Å². The number of hydrogen-bond donors (Lipinski definition) is 0. The summed E-state index contributed by atoms with van der Waals surface area (Å²) in [6.45, 7) is 5.75. The van der Waals surface area contributed by atoms with Crippen LogP contribution in [0.1, 0.15) is 30.1 Å². The van der Waals surface area contributed by atoms with Gasteiger partial charge in [0.15, 0.2) is 5.76 Å². The molecule has 0 unspecified atom stereocenters. The molecule has 8 nitrogen and oxygen atoms in total. The van der Waals surface area contributed by atoms with E-state index in [9.17, 15) is 9.59 Å². The van der Waals surface area contributed by atoms with Gasteiger partial charge in [0.1, 0.15) is 0 Å². The van der Waals surface area contributed by atoms with Gasteiger partial charge in [-0.2, -0.15) is 0 Å². The Labute approximate surface area is 229 Å². The molecule has 1 fully saturated rings. The average Bonchev–Trinajstić information content (AvgIpc) is 3.31. The van der Waals surface area contributed by atoms with Crippen LogP contribution in [0.5, 0.6) is 0 Å². The molecule has 1 amide bonds. The van der Waals surface area contributed by atoms with E-state index in [0.717, 1.165) is 20.3 Å². The van der Waals surface area contributed by atoms with Gasteiger partial charge in [-0.1, -0.05) is 32.7 Å². The lowest BCUT2D eigenvalue weighted by Gasteiger charge is -2.43. The van der Waals surface area contributed by atoms with Crippen molar-refractivity contribution >= 4 is 60.1 Å². The van der Waals surface area contributed by atoms with E-state index >= 15 is 0 Å². The minimum Gasteiger partial charge on any atom is -0.417 e. The highest BCUT2D eigenvalue weighted by molar-refractivity contribution is 9.10. The van der Waals surface area contributed by atoms with E-state index in [4.69, 9.17) is 16.0 Å². The molecule has 0 radical (unpaired) electrons. The summed E-state index contributed by atoms with van der Waals surface area (Å²) in [5.41, 5.74) is 1.16. The lowest BCUT2D eigenvalue weighted by Crippen LogP contribution is -2.57. The van der Waals surface area contributed by atoms with Crippen molar-refractivity contribution in [1.82, 2.24) is 24.8 Å². The first-order valence-corrected chi connectivity index (χ1v) is 13.3. The first kappa shape index (κ1) is 25.1. The summed E-state index contributed by atoms with van der Waals surface area (Å²) in [5, 5.41) is 10.3. The fourth-order valence-electron chi connectivity index (χ4n) is 4.57. The van der Waals surface area contributed by atoms with E-state index in [1.807, 2.05) is 24.4 Å². The molecule has 0 aliphatic carbocycles. The number of amides is 1. The minimum atomic E-state index is -0.515. The zero-order chi connectivity index (χ0) is 25.6. The van der Waals surface area contributed by atoms with Crippen molar-refractivity contribution in [2.45, 2.75) is 32.5 Å². The molecule has 11 heteroatoms. The van der Waals surface area contributed by atoms with E-state index in [1.54, 1.807) is 33.8 Å². The molecule has 186 valence electrons. The quantitative estimate of drug-likeness (QED) is 0.303. The number of hydrogen-bond acceptors (Lipinski definition) is 6. The summed E-state index contributed by atoms with van der Waals surface area (Å²) in [6.07, 6.45) is 1.90. The molecular weight excluding hydrogens is 614 g/mol. The second-order valence-electron chi connectivity index (χ2n) is 8.96. The lowest BCUT2D eigenvalue weighted by molar-refractivity contribution is 0.0242. The summed E-state index contributed by atoms with van der Waals surface area (Å²) < 4.78 is 8.72. The van der Waals surface area contributed by atoms with Crippen molar-refractivity contribution in [1.29, 1.82) is 0 Å². The molecule has 0 saturated carbocycles. The third-order valence-corrected chi connectivity index (χ3v) is 8.08. The molecule has 5 rings (SSSR count). The van der Waals surface area contributed by atoms with E-state index < -0.39 is 5.63 Å². The van der Waals surface area contributed by atoms with Crippen molar-refractivity contribution in [2.75, 3.05) is 13.1 Å². The maximum atomic E-state index is 13.3. The van der Waals surface area contributed by atoms with E-state index in [2.05, 4.69) is 60.9 Å². The van der Waals surface area contributed by atoms with Crippen LogP contribution in [0, 0.1) is 0 Å². The predicted molar refractivity (Wildman–Crippen MR) is 145 cm³/mol. The van der Waals surface area contributed by atoms with Crippen molar-refractivity contribution in [3.8, 4) is 5.69 Å². The number of carbonyl (C=O) groups excluding carboxylic acids is 1. The largest absolute Gasteiger partial charge is 0.417 e. The van der Waals surface area contributed by atoms with Crippen molar-refractivity contribution in [2.24, 2.45) is 0 Å². The van der Waals surface area contributed by atoms with Crippen LogP contribution in [0.15, 0.2) is 66.8 Å². The van der Waals surface area contributed by atoms with Crippen LogP contribution >= 0.6 is 43.5 Å². The predicted octanol–water partition coefficient (Wildman–Crippen LogP) is 5.29. The molecule has 0 bridgehead atoms. The Balaban J connectivity index is 1.30. The zero-order valence-electron chi connectivity index (χ0n) is 19.5. The van der Waals surface area contributed by atoms with Gasteiger partial charge in [-0.25, -0.2) is 9.48 Å². The van der Waals surface area contributed by atoms with Gasteiger partial charge in [-0.15, -0.1) is 5.10 Å². The highest BCUT2D eigenvalue weighted by atomic mass is 79.9. The Bertz CT molecular complexity index is 1510. The molecule has 2 atom stereocenters. The SMILES string of the molecule is C[C@@H]1CN(C(=O)c2cc3cc(Br)ccc3c(=O)o2)C[C@H](C)N1Cc1cn(-c2ccc(Cl)c(Br)c2)nn1. The van der Waals surface area contributed by atoms with Crippen molar-refractivity contribution < 1.29 is 9.21 Å². The Kier molecular flexibility index (Phi) is 7.04. The Hall–Kier alpha value is -2.53. The second-order valence-corrected chi connectivity index (χ2v) is 11.1. The van der Waals surface area contributed by atoms with Crippen molar-refractivity contribution in [3.63, 3.8) is 0 Å². The summed E-state index contributed by atoms with van der Waals surface area (Å²) in [4.78, 5) is 29.8. The van der Waals surface area contributed by atoms with Gasteiger partial charge >= 0.3 is 5.63 Å². The van der Waals surface area contributed by atoms with Gasteiger partial charge in [0.2, 0.25) is 0 Å². The van der Waals surface area contributed by atoms with Crippen molar-refractivity contribution in [3.05, 3.63) is 84.5 Å². The van der Waals surface area contributed by atoms with Gasteiger partial charge < -0.3 is 9.32 Å². The van der Waals surface area contributed by atoms with Crippen LogP contribution in [0.25, 0.3) is 16.5 Å². The smallest absolute Gasteiger partial charge is 0.344 e. The van der Waals surface area contributed by atoms with Gasteiger partial charge in [0.25, 0.3) is 5.91 Å². The minimum absolute atomic E-state index is 0.0514. The number of halogens is 3. The summed E-state index contributed by atoms with van der Waals surface area (Å²) in [5.74, 6) is -0.234. The third kappa shape index (κ3) is 5.00. The molecule has 2 aromatic heterocycles. The van der Waals surface area contributed by atoms with Gasteiger partial charge in [0.05, 0.1) is 28.0 Å². The maximum Gasteiger partial charge on any atom is 0.344 e. The van der Waals surface area contributed by atoms with Gasteiger partial charge in [0, 0.05) is 40.7 Å². The van der Waals surface area contributed by atoms with Crippen LogP contribution in [0.4, 0.5) is 0 Å². The molecule has 2 aromatic carbocycles. The normalized spacial score (nSPS) is 18.6. The van der Waals surface area contributed by atoms with Gasteiger partial charge in [-0.3, -0.25) is 9.69 Å². The first-order chi connectivity index (χ1) is 17.2. The summed E-state index contributed by atoms with van der Waals surface area (Å²) >= 11 is 12.9. The fourth-order valence-corrected chi connectivity index (χ4v) is 5.43. The Morgan fingerprint density at radius 1 is 1.11 bits per heavy atom. The Morgan fingerprint density at radius 3 is 2.58 bits per heavy atom. The van der Waals surface area contributed by atoms with Crippen LogP contribution in [0.2, 0.25) is 5.02 Å². The first-order valence-electron chi connectivity index (χ1n) is 11.3. The summed E-state index contributed by atoms with van der Waals surface area (Å²) in [7, 11) is 0. The maximum absolute atomic E-state index is 13.3. The van der Waals surface area contributed by atoms with Crippen LogP contribution in [-0.2, 0) is 6.54 Å². The highest BCUT2D eigenvalue weighted by Crippen LogP contribution is 2.26. The van der Waals surface area contributed by atoms with Crippen LogP contribution < -0.4 is 5.63 Å². The number of piperazine rings is 1.